The lowest BCUT2D eigenvalue weighted by atomic mass is 9.83. The van der Waals surface area contributed by atoms with Crippen molar-refractivity contribution in [2.24, 2.45) is 5.92 Å². The van der Waals surface area contributed by atoms with Crippen LogP contribution in [0.1, 0.15) is 28.8 Å². The Bertz CT molecular complexity index is 1890. The summed E-state index contributed by atoms with van der Waals surface area (Å²) in [6.45, 7) is 3.69. The molecule has 3 amide bonds. The summed E-state index contributed by atoms with van der Waals surface area (Å²) in [7, 11) is 0. The molecule has 0 radical (unpaired) electrons. The number of carbonyl (C=O) groups is 3. The number of nitrogens with zero attached hydrogens (tertiary/aromatic N) is 2. The molecular formula is C31H26N4O8S2. The number of nitrogens with one attached hydrogen (secondary N) is 2. The average Bonchev–Trinajstić information content (AvgIpc) is 3.51. The Labute approximate surface area is 264 Å². The van der Waals surface area contributed by atoms with Gasteiger partial charge in [-0.15, -0.1) is 0 Å². The van der Waals surface area contributed by atoms with E-state index < -0.39 is 33.8 Å². The number of H-pyrrole nitrogens is 1. The van der Waals surface area contributed by atoms with Gasteiger partial charge in [-0.1, -0.05) is 47.4 Å². The zero-order chi connectivity index (χ0) is 31.8. The number of para-hydroxylation sites is 1. The van der Waals surface area contributed by atoms with Crippen LogP contribution in [0.25, 0.3) is 0 Å². The minimum Gasteiger partial charge on any atom is -0.490 e. The average molecular weight is 647 g/mol. The number of nitro groups is 1. The number of hydrogen-bond donors (Lipinski definition) is 2. The fraction of sp³-hybridized carbons (Fsp3) is 0.226. The van der Waals surface area contributed by atoms with Crippen molar-refractivity contribution in [2.75, 3.05) is 23.4 Å². The minimum absolute atomic E-state index is 0.166. The minimum atomic E-state index is -0.863. The van der Waals surface area contributed by atoms with Crippen LogP contribution in [0.15, 0.2) is 76.6 Å². The van der Waals surface area contributed by atoms with Gasteiger partial charge in [-0.3, -0.25) is 29.3 Å². The fourth-order valence-corrected chi connectivity index (χ4v) is 8.02. The second-order valence-corrected chi connectivity index (χ2v) is 12.5. The molecule has 2 N–H and O–H groups in total. The zero-order valence-electron chi connectivity index (χ0n) is 24.0. The number of ether oxygens (including phenoxy) is 2. The molecule has 0 aliphatic carbocycles. The van der Waals surface area contributed by atoms with Crippen molar-refractivity contribution in [1.29, 1.82) is 0 Å². The molecule has 3 heterocycles. The molecule has 0 bridgehead atoms. The highest BCUT2D eigenvalue weighted by Crippen LogP contribution is 2.53. The number of aryl methyl sites for hydroxylation is 1. The lowest BCUT2D eigenvalue weighted by Gasteiger charge is -2.30. The molecule has 14 heteroatoms. The number of carbonyl (C=O) groups excluding carboxylic acids is 3. The number of rotatable bonds is 9. The van der Waals surface area contributed by atoms with E-state index in [1.807, 2.05) is 25.1 Å². The van der Waals surface area contributed by atoms with Gasteiger partial charge in [0.2, 0.25) is 11.8 Å². The molecule has 6 rings (SSSR count). The van der Waals surface area contributed by atoms with Gasteiger partial charge in [0.1, 0.15) is 5.25 Å². The van der Waals surface area contributed by atoms with Gasteiger partial charge in [0.15, 0.2) is 18.1 Å². The highest BCUT2D eigenvalue weighted by atomic mass is 32.2. The number of thioether (sulfide) groups is 1. The first-order valence-corrected chi connectivity index (χ1v) is 15.6. The van der Waals surface area contributed by atoms with E-state index in [9.17, 15) is 29.3 Å². The molecule has 3 unspecified atom stereocenters. The van der Waals surface area contributed by atoms with E-state index in [1.165, 1.54) is 24.3 Å². The van der Waals surface area contributed by atoms with Crippen molar-refractivity contribution in [3.8, 4) is 11.5 Å². The topological polar surface area (TPSA) is 161 Å². The predicted molar refractivity (Wildman–Crippen MR) is 168 cm³/mol. The Kier molecular flexibility index (Phi) is 8.16. The quantitative estimate of drug-likeness (QED) is 0.147. The van der Waals surface area contributed by atoms with Crippen LogP contribution in [0.2, 0.25) is 0 Å². The number of hydrogen-bond acceptors (Lipinski definition) is 10. The number of aromatic nitrogens is 1. The van der Waals surface area contributed by atoms with E-state index in [1.54, 1.807) is 31.2 Å². The maximum absolute atomic E-state index is 14.0. The molecule has 3 aromatic carbocycles. The summed E-state index contributed by atoms with van der Waals surface area (Å²) in [6.07, 6.45) is 0. The van der Waals surface area contributed by atoms with E-state index in [0.717, 1.165) is 33.6 Å². The van der Waals surface area contributed by atoms with E-state index in [0.29, 0.717) is 32.7 Å². The third kappa shape index (κ3) is 5.69. The number of benzene rings is 3. The van der Waals surface area contributed by atoms with Crippen molar-refractivity contribution in [2.45, 2.75) is 30.0 Å². The smallest absolute Gasteiger partial charge is 0.305 e. The standard InChI is InChI=1S/C31H26N4O8S2/c1-3-42-22-14-17(8-13-21(22)43-15-23(36)32-20-7-5-4-6-16(20)2)24-25-27(44-28-26(24)45-31(39)33-28)30(38)34(29(25)37)18-9-11-19(12-10-18)35(40)41/h4-14,24-25,27H,3,15H2,1-2H3,(H,32,36)(H,33,39). The number of non-ortho nitro benzene ring substituents is 1. The number of imide groups is 1. The van der Waals surface area contributed by atoms with E-state index >= 15 is 0 Å². The monoisotopic (exact) mass is 646 g/mol. The number of thiazole rings is 1. The highest BCUT2D eigenvalue weighted by Gasteiger charge is 2.56. The zero-order valence-corrected chi connectivity index (χ0v) is 25.6. The summed E-state index contributed by atoms with van der Waals surface area (Å²) in [4.78, 5) is 67.5. The Balaban J connectivity index is 1.31. The van der Waals surface area contributed by atoms with Crippen LogP contribution in [0.3, 0.4) is 0 Å². The van der Waals surface area contributed by atoms with Crippen molar-refractivity contribution in [3.05, 3.63) is 103 Å². The molecule has 12 nitrogen and oxygen atoms in total. The third-order valence-corrected chi connectivity index (χ3v) is 9.95. The normalized spacial score (nSPS) is 18.7. The molecular weight excluding hydrogens is 620 g/mol. The molecule has 1 saturated heterocycles. The molecule has 0 spiro atoms. The van der Waals surface area contributed by atoms with Gasteiger partial charge in [0, 0.05) is 28.6 Å². The molecule has 1 aromatic heterocycles. The number of aromatic amines is 1. The summed E-state index contributed by atoms with van der Waals surface area (Å²) in [5.74, 6) is -2.20. The molecule has 2 aliphatic rings. The first-order chi connectivity index (χ1) is 21.7. The van der Waals surface area contributed by atoms with Gasteiger partial charge < -0.3 is 19.8 Å². The van der Waals surface area contributed by atoms with Crippen LogP contribution in [-0.2, 0) is 14.4 Å². The third-order valence-electron chi connectivity index (χ3n) is 7.55. The van der Waals surface area contributed by atoms with Gasteiger partial charge in [-0.25, -0.2) is 4.90 Å². The molecule has 45 heavy (non-hydrogen) atoms. The Morgan fingerprint density at radius 2 is 1.78 bits per heavy atom. The second-order valence-electron chi connectivity index (χ2n) is 10.3. The van der Waals surface area contributed by atoms with Gasteiger partial charge in [-0.05, 0) is 55.3 Å². The summed E-state index contributed by atoms with van der Waals surface area (Å²) in [6, 6.07) is 17.7. The van der Waals surface area contributed by atoms with Crippen LogP contribution in [0.5, 0.6) is 11.5 Å². The second kappa shape index (κ2) is 12.2. The Morgan fingerprint density at radius 3 is 2.49 bits per heavy atom. The van der Waals surface area contributed by atoms with Crippen molar-refractivity contribution in [3.63, 3.8) is 0 Å². The molecule has 2 aliphatic heterocycles. The highest BCUT2D eigenvalue weighted by molar-refractivity contribution is 8.00. The Morgan fingerprint density at radius 1 is 1.02 bits per heavy atom. The van der Waals surface area contributed by atoms with Crippen molar-refractivity contribution < 1.29 is 28.8 Å². The van der Waals surface area contributed by atoms with Gasteiger partial charge in [0.05, 0.1) is 28.2 Å². The summed E-state index contributed by atoms with van der Waals surface area (Å²) < 4.78 is 11.7. The number of nitro benzene ring substituents is 1. The largest absolute Gasteiger partial charge is 0.490 e. The van der Waals surface area contributed by atoms with Gasteiger partial charge in [-0.2, -0.15) is 0 Å². The van der Waals surface area contributed by atoms with E-state index in [4.69, 9.17) is 9.47 Å². The van der Waals surface area contributed by atoms with Crippen LogP contribution < -0.4 is 24.6 Å². The first-order valence-electron chi connectivity index (χ1n) is 13.9. The molecule has 0 saturated carbocycles. The number of amides is 3. The fourth-order valence-electron chi connectivity index (χ4n) is 5.50. The molecule has 230 valence electrons. The summed E-state index contributed by atoms with van der Waals surface area (Å²) >= 11 is 2.10. The molecule has 4 aromatic rings. The molecule has 3 atom stereocenters. The summed E-state index contributed by atoms with van der Waals surface area (Å²) in [5.41, 5.74) is 2.27. The van der Waals surface area contributed by atoms with Crippen LogP contribution in [0, 0.1) is 23.0 Å². The predicted octanol–water partition coefficient (Wildman–Crippen LogP) is 4.87. The maximum atomic E-state index is 14.0. The SMILES string of the molecule is CCOc1cc(C2c3sc(=O)[nH]c3SC3C(=O)N(c4ccc([N+](=O)[O-])cc4)C(=O)C32)ccc1OCC(=O)Nc1ccccc1C. The maximum Gasteiger partial charge on any atom is 0.305 e. The van der Waals surface area contributed by atoms with Crippen LogP contribution >= 0.6 is 23.1 Å². The lowest BCUT2D eigenvalue weighted by Crippen LogP contribution is -2.32. The first kappa shape index (κ1) is 30.1. The number of anilines is 2. The van der Waals surface area contributed by atoms with Gasteiger partial charge in [0.25, 0.3) is 11.6 Å². The van der Waals surface area contributed by atoms with Crippen molar-refractivity contribution in [1.82, 2.24) is 4.98 Å². The van der Waals surface area contributed by atoms with Crippen molar-refractivity contribution >= 4 is 57.9 Å². The summed E-state index contributed by atoms with van der Waals surface area (Å²) in [5, 5.41) is 13.6. The van der Waals surface area contributed by atoms with E-state index in [2.05, 4.69) is 10.3 Å². The van der Waals surface area contributed by atoms with Gasteiger partial charge >= 0.3 is 4.87 Å². The van der Waals surface area contributed by atoms with E-state index in [-0.39, 0.29) is 35.4 Å². The Hall–Kier alpha value is -4.95. The molecule has 1 fully saturated rings. The number of fused-ring (bicyclic) bond motifs is 2. The van der Waals surface area contributed by atoms with Crippen LogP contribution in [-0.4, -0.2) is 46.1 Å². The van der Waals surface area contributed by atoms with Crippen LogP contribution in [0.4, 0.5) is 17.1 Å². The lowest BCUT2D eigenvalue weighted by molar-refractivity contribution is -0.384.